The van der Waals surface area contributed by atoms with E-state index < -0.39 is 0 Å². The largest absolute Gasteiger partial charge is 0.354 e. The van der Waals surface area contributed by atoms with E-state index in [0.717, 1.165) is 61.7 Å². The van der Waals surface area contributed by atoms with E-state index in [4.69, 9.17) is 0 Å². The summed E-state index contributed by atoms with van der Waals surface area (Å²) >= 11 is 1.58. The van der Waals surface area contributed by atoms with E-state index >= 15 is 0 Å². The van der Waals surface area contributed by atoms with Gasteiger partial charge in [-0.2, -0.15) is 0 Å². The van der Waals surface area contributed by atoms with Crippen LogP contribution in [0.25, 0.3) is 0 Å². The molecule has 2 aromatic heterocycles. The lowest BCUT2D eigenvalue weighted by molar-refractivity contribution is -0.117. The summed E-state index contributed by atoms with van der Waals surface area (Å²) in [6, 6.07) is 0.173. The summed E-state index contributed by atoms with van der Waals surface area (Å²) < 4.78 is 2.11. The second-order valence-electron chi connectivity index (χ2n) is 11.0. The maximum atomic E-state index is 13.3. The van der Waals surface area contributed by atoms with Crippen molar-refractivity contribution in [3.05, 3.63) is 22.3 Å². The van der Waals surface area contributed by atoms with Crippen LogP contribution in [0.15, 0.2) is 6.33 Å². The SMILES string of the molecule is CC(C)(C)CNc1nncn1C1CCc2sc(NC(=O)C3CC3)c(C(=O)NCC3CC3)c2C1. The first-order chi connectivity index (χ1) is 15.8. The van der Waals surface area contributed by atoms with Crippen LogP contribution in [0.1, 0.15) is 79.7 Å². The van der Waals surface area contributed by atoms with Crippen LogP contribution in [-0.2, 0) is 17.6 Å². The predicted molar refractivity (Wildman–Crippen MR) is 130 cm³/mol. The summed E-state index contributed by atoms with van der Waals surface area (Å²) in [6.07, 6.45) is 8.62. The molecule has 0 spiro atoms. The minimum absolute atomic E-state index is 0.0499. The Morgan fingerprint density at radius 2 is 1.97 bits per heavy atom. The van der Waals surface area contributed by atoms with Gasteiger partial charge in [-0.3, -0.25) is 14.2 Å². The molecule has 0 aliphatic heterocycles. The van der Waals surface area contributed by atoms with Crippen molar-refractivity contribution in [2.75, 3.05) is 23.7 Å². The van der Waals surface area contributed by atoms with E-state index in [9.17, 15) is 9.59 Å². The number of hydrogen-bond donors (Lipinski definition) is 3. The molecule has 3 N–H and O–H groups in total. The van der Waals surface area contributed by atoms with Crippen molar-refractivity contribution in [1.82, 2.24) is 20.1 Å². The number of carbonyl (C=O) groups is 2. The van der Waals surface area contributed by atoms with Crippen LogP contribution in [0.3, 0.4) is 0 Å². The highest BCUT2D eigenvalue weighted by atomic mass is 32.1. The number of nitrogens with one attached hydrogen (secondary N) is 3. The van der Waals surface area contributed by atoms with Gasteiger partial charge < -0.3 is 16.0 Å². The summed E-state index contributed by atoms with van der Waals surface area (Å²) in [6.45, 7) is 8.07. The molecule has 2 saturated carbocycles. The molecular weight excluding hydrogens is 436 g/mol. The minimum Gasteiger partial charge on any atom is -0.354 e. The van der Waals surface area contributed by atoms with Gasteiger partial charge in [-0.15, -0.1) is 21.5 Å². The Hall–Kier alpha value is -2.42. The number of thiophene rings is 1. The standard InChI is InChI=1S/C24H34N6O2S/c1-24(2,3)12-26-23-29-27-13-30(23)16-8-9-18-17(10-16)19(21(32)25-11-14-4-5-14)22(33-18)28-20(31)15-6-7-15/h13-16H,4-12H2,1-3H3,(H,25,32)(H,26,29)(H,28,31). The highest BCUT2D eigenvalue weighted by Crippen LogP contribution is 2.42. The first-order valence-corrected chi connectivity index (χ1v) is 13.0. The van der Waals surface area contributed by atoms with Gasteiger partial charge in [-0.1, -0.05) is 20.8 Å². The molecule has 2 aromatic rings. The molecule has 8 nitrogen and oxygen atoms in total. The summed E-state index contributed by atoms with van der Waals surface area (Å²) in [5.74, 6) is 1.48. The van der Waals surface area contributed by atoms with E-state index in [0.29, 0.717) is 11.5 Å². The van der Waals surface area contributed by atoms with Crippen molar-refractivity contribution < 1.29 is 9.59 Å². The van der Waals surface area contributed by atoms with Crippen LogP contribution < -0.4 is 16.0 Å². The van der Waals surface area contributed by atoms with Crippen molar-refractivity contribution in [1.29, 1.82) is 0 Å². The highest BCUT2D eigenvalue weighted by molar-refractivity contribution is 7.17. The molecule has 0 radical (unpaired) electrons. The fourth-order valence-corrected chi connectivity index (χ4v) is 5.56. The van der Waals surface area contributed by atoms with Crippen molar-refractivity contribution in [2.45, 2.75) is 71.8 Å². The van der Waals surface area contributed by atoms with Crippen molar-refractivity contribution >= 4 is 34.1 Å². The molecule has 0 bridgehead atoms. The Morgan fingerprint density at radius 1 is 1.18 bits per heavy atom. The summed E-state index contributed by atoms with van der Waals surface area (Å²) in [7, 11) is 0. The third-order valence-electron chi connectivity index (χ3n) is 6.64. The molecule has 1 atom stereocenters. The van der Waals surface area contributed by atoms with Gasteiger partial charge in [0.25, 0.3) is 5.91 Å². The average molecular weight is 471 g/mol. The smallest absolute Gasteiger partial charge is 0.254 e. The normalized spacial score (nSPS) is 20.3. The Bertz CT molecular complexity index is 1040. The molecule has 0 saturated heterocycles. The number of amides is 2. The third kappa shape index (κ3) is 5.23. The molecule has 33 heavy (non-hydrogen) atoms. The van der Waals surface area contributed by atoms with E-state index in [1.165, 1.54) is 17.7 Å². The van der Waals surface area contributed by atoms with E-state index in [-0.39, 0.29) is 29.2 Å². The maximum Gasteiger partial charge on any atom is 0.254 e. The molecule has 9 heteroatoms. The monoisotopic (exact) mass is 470 g/mol. The molecule has 0 aromatic carbocycles. The lowest BCUT2D eigenvalue weighted by Crippen LogP contribution is -2.29. The Labute approximate surface area is 198 Å². The van der Waals surface area contributed by atoms with Crippen LogP contribution >= 0.6 is 11.3 Å². The van der Waals surface area contributed by atoms with Crippen molar-refractivity contribution in [3.63, 3.8) is 0 Å². The van der Waals surface area contributed by atoms with Crippen molar-refractivity contribution in [2.24, 2.45) is 17.3 Å². The van der Waals surface area contributed by atoms with E-state index in [1.54, 1.807) is 17.7 Å². The molecule has 2 heterocycles. The maximum absolute atomic E-state index is 13.3. The van der Waals surface area contributed by atoms with Gasteiger partial charge >= 0.3 is 0 Å². The number of rotatable bonds is 8. The third-order valence-corrected chi connectivity index (χ3v) is 7.85. The molecule has 3 aliphatic rings. The zero-order valence-electron chi connectivity index (χ0n) is 19.7. The van der Waals surface area contributed by atoms with Crippen molar-refractivity contribution in [3.8, 4) is 0 Å². The zero-order chi connectivity index (χ0) is 23.2. The topological polar surface area (TPSA) is 101 Å². The number of aryl methyl sites for hydroxylation is 1. The van der Waals surface area contributed by atoms with E-state index in [2.05, 4.69) is 51.5 Å². The van der Waals surface area contributed by atoms with E-state index in [1.807, 2.05) is 0 Å². The molecule has 2 amide bonds. The number of aromatic nitrogens is 3. The summed E-state index contributed by atoms with van der Waals surface area (Å²) in [4.78, 5) is 27.0. The second-order valence-corrected chi connectivity index (χ2v) is 12.1. The summed E-state index contributed by atoms with van der Waals surface area (Å²) in [5, 5.41) is 18.8. The van der Waals surface area contributed by atoms with Gasteiger partial charge in [0, 0.05) is 29.9 Å². The Kier molecular flexibility index (Phi) is 5.93. The van der Waals surface area contributed by atoms with Gasteiger partial charge in [0.1, 0.15) is 11.3 Å². The highest BCUT2D eigenvalue weighted by Gasteiger charge is 2.35. The lowest BCUT2D eigenvalue weighted by Gasteiger charge is -2.26. The Morgan fingerprint density at radius 3 is 2.67 bits per heavy atom. The average Bonchev–Trinajstić information content (AvgIpc) is 3.69. The lowest BCUT2D eigenvalue weighted by atomic mass is 9.91. The van der Waals surface area contributed by atoms with Crippen LogP contribution in [0.2, 0.25) is 0 Å². The quantitative estimate of drug-likeness (QED) is 0.541. The molecule has 3 aliphatic carbocycles. The molecule has 178 valence electrons. The molecule has 5 rings (SSSR count). The molecule has 2 fully saturated rings. The first kappa shape index (κ1) is 22.4. The van der Waals surface area contributed by atoms with Crippen LogP contribution in [0.4, 0.5) is 10.9 Å². The number of fused-ring (bicyclic) bond motifs is 1. The van der Waals surface area contributed by atoms with Crippen LogP contribution in [0.5, 0.6) is 0 Å². The fourth-order valence-electron chi connectivity index (χ4n) is 4.32. The van der Waals surface area contributed by atoms with Gasteiger partial charge in [0.15, 0.2) is 0 Å². The number of anilines is 2. The Balaban J connectivity index is 1.39. The van der Waals surface area contributed by atoms with Crippen LogP contribution in [-0.4, -0.2) is 39.7 Å². The van der Waals surface area contributed by atoms with Gasteiger partial charge in [-0.05, 0) is 61.8 Å². The molecule has 1 unspecified atom stereocenters. The van der Waals surface area contributed by atoms with Gasteiger partial charge in [0.05, 0.1) is 5.56 Å². The van der Waals surface area contributed by atoms with Gasteiger partial charge in [0.2, 0.25) is 11.9 Å². The number of carbonyl (C=O) groups excluding carboxylic acids is 2. The first-order valence-electron chi connectivity index (χ1n) is 12.2. The zero-order valence-corrected chi connectivity index (χ0v) is 20.6. The predicted octanol–water partition coefficient (Wildman–Crippen LogP) is 4.02. The number of hydrogen-bond acceptors (Lipinski definition) is 6. The fraction of sp³-hybridized carbons (Fsp3) is 0.667. The van der Waals surface area contributed by atoms with Crippen LogP contribution in [0, 0.1) is 17.3 Å². The second kappa shape index (κ2) is 8.74. The summed E-state index contributed by atoms with van der Waals surface area (Å²) in [5.41, 5.74) is 1.88. The number of nitrogens with zero attached hydrogens (tertiary/aromatic N) is 3. The van der Waals surface area contributed by atoms with Gasteiger partial charge in [-0.25, -0.2) is 0 Å². The minimum atomic E-state index is -0.0546. The molecular formula is C24H34N6O2S.